The molecule has 0 bridgehead atoms. The summed E-state index contributed by atoms with van der Waals surface area (Å²) in [5, 5.41) is 4.89. The number of carbonyl (C=O) groups excluding carboxylic acids is 3. The number of hydrogen-bond acceptors (Lipinski definition) is 5. The second kappa shape index (κ2) is 10.6. The first-order valence-electron chi connectivity index (χ1n) is 8.64. The lowest BCUT2D eigenvalue weighted by molar-refractivity contribution is -0.132. The summed E-state index contributed by atoms with van der Waals surface area (Å²) in [7, 11) is 1.65. The van der Waals surface area contributed by atoms with Crippen LogP contribution in [0.25, 0.3) is 0 Å². The fourth-order valence-corrected chi connectivity index (χ4v) is 2.24. The van der Waals surface area contributed by atoms with Crippen LogP contribution in [0.4, 0.5) is 0 Å². The molecule has 0 aliphatic rings. The van der Waals surface area contributed by atoms with Crippen LogP contribution < -0.4 is 15.4 Å². The first kappa shape index (κ1) is 20.8. The molecule has 8 nitrogen and oxygen atoms in total. The number of hydrogen-bond donors (Lipinski definition) is 2. The van der Waals surface area contributed by atoms with E-state index in [2.05, 4.69) is 17.2 Å². The summed E-state index contributed by atoms with van der Waals surface area (Å²) in [4.78, 5) is 37.1. The molecule has 0 unspecified atom stereocenters. The number of amides is 3. The number of rotatable bonds is 10. The van der Waals surface area contributed by atoms with Crippen molar-refractivity contribution in [1.82, 2.24) is 15.5 Å². The Morgan fingerprint density at radius 1 is 1.14 bits per heavy atom. The Bertz CT molecular complexity index is 800. The van der Waals surface area contributed by atoms with Crippen molar-refractivity contribution in [2.45, 2.75) is 6.54 Å². The first-order chi connectivity index (χ1) is 13.5. The number of ether oxygens (including phenoxy) is 1. The molecule has 0 spiro atoms. The van der Waals surface area contributed by atoms with Gasteiger partial charge in [-0.2, -0.15) is 0 Å². The Hall–Kier alpha value is -3.55. The van der Waals surface area contributed by atoms with E-state index in [0.29, 0.717) is 13.2 Å². The highest BCUT2D eigenvalue weighted by molar-refractivity contribution is 5.94. The van der Waals surface area contributed by atoms with Crippen molar-refractivity contribution in [2.75, 3.05) is 26.7 Å². The lowest BCUT2D eigenvalue weighted by atomic mass is 10.2. The SMILES string of the molecule is C=CCOc1ccc(CN(C)C(=O)CNC(=O)CNC(=O)c2ccco2)cc1. The van der Waals surface area contributed by atoms with E-state index in [1.807, 2.05) is 24.3 Å². The predicted octanol–water partition coefficient (Wildman–Crippen LogP) is 1.35. The molecule has 0 saturated carbocycles. The monoisotopic (exact) mass is 385 g/mol. The lowest BCUT2D eigenvalue weighted by Gasteiger charge is -2.18. The standard InChI is InChI=1S/C20H23N3O5/c1-3-10-27-16-8-6-15(7-9-16)14-23(2)19(25)13-21-18(24)12-22-20(26)17-5-4-11-28-17/h3-9,11H,1,10,12-14H2,2H3,(H,21,24)(H,22,26). The summed E-state index contributed by atoms with van der Waals surface area (Å²) in [5.74, 6) is -0.377. The third-order valence-corrected chi connectivity index (χ3v) is 3.73. The van der Waals surface area contributed by atoms with E-state index >= 15 is 0 Å². The van der Waals surface area contributed by atoms with Gasteiger partial charge in [0.15, 0.2) is 5.76 Å². The second-order valence-electron chi connectivity index (χ2n) is 5.93. The van der Waals surface area contributed by atoms with Crippen LogP contribution in [0.3, 0.4) is 0 Å². The van der Waals surface area contributed by atoms with Gasteiger partial charge in [-0.25, -0.2) is 0 Å². The molecule has 1 aromatic carbocycles. The smallest absolute Gasteiger partial charge is 0.287 e. The van der Waals surface area contributed by atoms with E-state index in [-0.39, 0.29) is 24.8 Å². The predicted molar refractivity (Wildman–Crippen MR) is 103 cm³/mol. The summed E-state index contributed by atoms with van der Waals surface area (Å²) in [6.45, 7) is 4.01. The molecule has 1 aromatic heterocycles. The van der Waals surface area contributed by atoms with Crippen LogP contribution >= 0.6 is 0 Å². The van der Waals surface area contributed by atoms with Crippen molar-refractivity contribution in [3.63, 3.8) is 0 Å². The molecular formula is C20H23N3O5. The minimum atomic E-state index is -0.496. The zero-order valence-corrected chi connectivity index (χ0v) is 15.6. The van der Waals surface area contributed by atoms with E-state index in [4.69, 9.17) is 9.15 Å². The van der Waals surface area contributed by atoms with Gasteiger partial charge in [0, 0.05) is 13.6 Å². The molecule has 2 N–H and O–H groups in total. The number of carbonyl (C=O) groups is 3. The quantitative estimate of drug-likeness (QED) is 0.601. The van der Waals surface area contributed by atoms with E-state index < -0.39 is 11.8 Å². The second-order valence-corrected chi connectivity index (χ2v) is 5.93. The Morgan fingerprint density at radius 3 is 2.54 bits per heavy atom. The number of nitrogens with one attached hydrogen (secondary N) is 2. The van der Waals surface area contributed by atoms with Gasteiger partial charge in [0.2, 0.25) is 11.8 Å². The molecule has 0 aliphatic heterocycles. The van der Waals surface area contributed by atoms with Gasteiger partial charge in [0.05, 0.1) is 19.4 Å². The Balaban J connectivity index is 1.70. The molecule has 8 heteroatoms. The number of nitrogens with zero attached hydrogens (tertiary/aromatic N) is 1. The topological polar surface area (TPSA) is 101 Å². The molecule has 3 amide bonds. The van der Waals surface area contributed by atoms with Crippen molar-refractivity contribution < 1.29 is 23.5 Å². The van der Waals surface area contributed by atoms with Crippen LogP contribution in [0.5, 0.6) is 5.75 Å². The zero-order valence-electron chi connectivity index (χ0n) is 15.6. The van der Waals surface area contributed by atoms with Crippen LogP contribution in [-0.2, 0) is 16.1 Å². The Morgan fingerprint density at radius 2 is 1.89 bits per heavy atom. The molecule has 0 radical (unpaired) electrons. The van der Waals surface area contributed by atoms with Gasteiger partial charge in [0.25, 0.3) is 5.91 Å². The van der Waals surface area contributed by atoms with Crippen molar-refractivity contribution >= 4 is 17.7 Å². The van der Waals surface area contributed by atoms with Crippen LogP contribution in [0.1, 0.15) is 16.1 Å². The van der Waals surface area contributed by atoms with E-state index in [1.54, 1.807) is 19.2 Å². The molecule has 0 fully saturated rings. The maximum Gasteiger partial charge on any atom is 0.287 e. The minimum absolute atomic E-state index is 0.115. The van der Waals surface area contributed by atoms with Crippen molar-refractivity contribution in [3.8, 4) is 5.75 Å². The van der Waals surface area contributed by atoms with Gasteiger partial charge in [-0.15, -0.1) is 0 Å². The third kappa shape index (κ3) is 6.64. The number of benzene rings is 1. The fraction of sp³-hybridized carbons (Fsp3) is 0.250. The molecule has 2 rings (SSSR count). The molecular weight excluding hydrogens is 362 g/mol. The van der Waals surface area contributed by atoms with Crippen LogP contribution in [-0.4, -0.2) is 49.4 Å². The molecule has 0 saturated heterocycles. The van der Waals surface area contributed by atoms with E-state index in [0.717, 1.165) is 11.3 Å². The molecule has 2 aromatic rings. The molecule has 1 heterocycles. The molecule has 28 heavy (non-hydrogen) atoms. The van der Waals surface area contributed by atoms with Crippen LogP contribution in [0.2, 0.25) is 0 Å². The van der Waals surface area contributed by atoms with Gasteiger partial charge in [-0.05, 0) is 29.8 Å². The molecule has 0 atom stereocenters. The summed E-state index contributed by atoms with van der Waals surface area (Å²) in [6, 6.07) is 10.4. The van der Waals surface area contributed by atoms with Crippen LogP contribution in [0.15, 0.2) is 59.7 Å². The lowest BCUT2D eigenvalue weighted by Crippen LogP contribution is -2.42. The highest BCUT2D eigenvalue weighted by atomic mass is 16.5. The Labute approximate surface area is 163 Å². The average Bonchev–Trinajstić information content (AvgIpc) is 3.24. The van der Waals surface area contributed by atoms with Crippen molar-refractivity contribution in [1.29, 1.82) is 0 Å². The average molecular weight is 385 g/mol. The normalized spacial score (nSPS) is 10.0. The van der Waals surface area contributed by atoms with E-state index in [1.165, 1.54) is 17.2 Å². The summed E-state index contributed by atoms with van der Waals surface area (Å²) in [6.07, 6.45) is 3.03. The van der Waals surface area contributed by atoms with E-state index in [9.17, 15) is 14.4 Å². The molecule has 148 valence electrons. The number of furan rings is 1. The third-order valence-electron chi connectivity index (χ3n) is 3.73. The summed E-state index contributed by atoms with van der Waals surface area (Å²) in [5.41, 5.74) is 0.929. The number of likely N-dealkylation sites (N-methyl/N-ethyl adjacent to an activating group) is 1. The highest BCUT2D eigenvalue weighted by Gasteiger charge is 2.13. The van der Waals surface area contributed by atoms with Gasteiger partial charge < -0.3 is 24.7 Å². The van der Waals surface area contributed by atoms with Crippen molar-refractivity contribution in [3.05, 3.63) is 66.6 Å². The van der Waals surface area contributed by atoms with Gasteiger partial charge >= 0.3 is 0 Å². The zero-order chi connectivity index (χ0) is 20.4. The van der Waals surface area contributed by atoms with Crippen molar-refractivity contribution in [2.24, 2.45) is 0 Å². The van der Waals surface area contributed by atoms with Crippen LogP contribution in [0, 0.1) is 0 Å². The minimum Gasteiger partial charge on any atom is -0.490 e. The highest BCUT2D eigenvalue weighted by Crippen LogP contribution is 2.13. The van der Waals surface area contributed by atoms with Gasteiger partial charge in [0.1, 0.15) is 12.4 Å². The summed E-state index contributed by atoms with van der Waals surface area (Å²) < 4.78 is 10.3. The largest absolute Gasteiger partial charge is 0.490 e. The maximum absolute atomic E-state index is 12.2. The van der Waals surface area contributed by atoms with Gasteiger partial charge in [-0.1, -0.05) is 24.8 Å². The first-order valence-corrected chi connectivity index (χ1v) is 8.64. The Kier molecular flexibility index (Phi) is 7.83. The van der Waals surface area contributed by atoms with Gasteiger partial charge in [-0.3, -0.25) is 14.4 Å². The summed E-state index contributed by atoms with van der Waals surface area (Å²) >= 11 is 0. The molecule has 0 aliphatic carbocycles. The maximum atomic E-state index is 12.2. The fourth-order valence-electron chi connectivity index (χ4n) is 2.24.